The standard InChI is InChI=1S/C2H4BrNO2/c1-2(3)4(5)6/h2H,1H3/t2-/m0/s1. The van der Waals surface area contributed by atoms with Crippen molar-refractivity contribution in [1.82, 2.24) is 0 Å². The summed E-state index contributed by atoms with van der Waals surface area (Å²) in [5.74, 6) is 0. The van der Waals surface area contributed by atoms with Gasteiger partial charge in [-0.15, -0.1) is 0 Å². The lowest BCUT2D eigenvalue weighted by Gasteiger charge is -1.86. The first-order valence-electron chi connectivity index (χ1n) is 1.42. The zero-order valence-corrected chi connectivity index (χ0v) is 4.81. The van der Waals surface area contributed by atoms with Crippen LogP contribution in [0.1, 0.15) is 6.92 Å². The molecule has 0 aliphatic heterocycles. The Labute approximate surface area is 43.6 Å². The summed E-state index contributed by atoms with van der Waals surface area (Å²) in [6, 6.07) is 0. The molecule has 0 saturated carbocycles. The number of hydrogen-bond acceptors (Lipinski definition) is 2. The number of rotatable bonds is 1. The van der Waals surface area contributed by atoms with Crippen LogP contribution >= 0.6 is 15.9 Å². The predicted octanol–water partition coefficient (Wildman–Crippen LogP) is 1.00. The lowest BCUT2D eigenvalue weighted by Crippen LogP contribution is -2.04. The molecule has 0 heterocycles. The Kier molecular flexibility index (Phi) is 2.08. The number of hydrogen-bond donors (Lipinski definition) is 0. The molecule has 0 bridgehead atoms. The Hall–Kier alpha value is -0.120. The van der Waals surface area contributed by atoms with Gasteiger partial charge in [0.25, 0.3) is 4.95 Å². The highest BCUT2D eigenvalue weighted by molar-refractivity contribution is 9.09. The fraction of sp³-hybridized carbons (Fsp3) is 1.00. The van der Waals surface area contributed by atoms with Gasteiger partial charge >= 0.3 is 0 Å². The second-order valence-corrected chi connectivity index (χ2v) is 2.18. The molecular formula is C2H4BrNO2. The van der Waals surface area contributed by atoms with E-state index in [2.05, 4.69) is 15.9 Å². The van der Waals surface area contributed by atoms with Gasteiger partial charge in [-0.25, -0.2) is 0 Å². The summed E-state index contributed by atoms with van der Waals surface area (Å²) in [5, 5.41) is 9.46. The van der Waals surface area contributed by atoms with Gasteiger partial charge in [-0.2, -0.15) is 0 Å². The Bertz CT molecular complexity index is 62.6. The molecule has 0 rings (SSSR count). The van der Waals surface area contributed by atoms with Crippen molar-refractivity contribution in [1.29, 1.82) is 0 Å². The van der Waals surface area contributed by atoms with Gasteiger partial charge in [0.1, 0.15) is 0 Å². The molecular weight excluding hydrogens is 150 g/mol. The molecule has 0 aliphatic rings. The summed E-state index contributed by atoms with van der Waals surface area (Å²) in [4.78, 5) is 8.43. The van der Waals surface area contributed by atoms with E-state index in [0.29, 0.717) is 0 Å². The van der Waals surface area contributed by atoms with E-state index in [-0.39, 0.29) is 0 Å². The second-order valence-electron chi connectivity index (χ2n) is 0.859. The smallest absolute Gasteiger partial charge is 0.263 e. The Morgan fingerprint density at radius 2 is 2.17 bits per heavy atom. The van der Waals surface area contributed by atoms with Gasteiger partial charge in [-0.1, -0.05) is 0 Å². The van der Waals surface area contributed by atoms with Gasteiger partial charge in [-0.3, -0.25) is 10.1 Å². The molecule has 0 N–H and O–H groups in total. The summed E-state index contributed by atoms with van der Waals surface area (Å²) in [7, 11) is 0. The van der Waals surface area contributed by atoms with E-state index < -0.39 is 9.87 Å². The molecule has 4 heteroatoms. The molecule has 0 aromatic rings. The van der Waals surface area contributed by atoms with Crippen molar-refractivity contribution in [3.05, 3.63) is 10.1 Å². The van der Waals surface area contributed by atoms with Crippen LogP contribution in [0.4, 0.5) is 0 Å². The minimum atomic E-state index is -0.613. The van der Waals surface area contributed by atoms with E-state index in [1.165, 1.54) is 6.92 Å². The Morgan fingerprint density at radius 1 is 2.00 bits per heavy atom. The van der Waals surface area contributed by atoms with Crippen LogP contribution in [0, 0.1) is 10.1 Å². The van der Waals surface area contributed by atoms with E-state index in [0.717, 1.165) is 0 Å². The summed E-state index contributed by atoms with van der Waals surface area (Å²) < 4.78 is 0. The van der Waals surface area contributed by atoms with Crippen molar-refractivity contribution in [3.8, 4) is 0 Å². The number of nitrogens with zero attached hydrogens (tertiary/aromatic N) is 1. The van der Waals surface area contributed by atoms with Crippen LogP contribution in [0.5, 0.6) is 0 Å². The van der Waals surface area contributed by atoms with Crippen LogP contribution < -0.4 is 0 Å². The van der Waals surface area contributed by atoms with Crippen molar-refractivity contribution in [2.45, 2.75) is 11.9 Å². The highest BCUT2D eigenvalue weighted by atomic mass is 79.9. The quantitative estimate of drug-likeness (QED) is 0.244. The molecule has 1 atom stereocenters. The van der Waals surface area contributed by atoms with Crippen molar-refractivity contribution in [2.75, 3.05) is 0 Å². The maximum absolute atomic E-state index is 9.46. The molecule has 0 radical (unpaired) electrons. The van der Waals surface area contributed by atoms with E-state index in [4.69, 9.17) is 0 Å². The monoisotopic (exact) mass is 153 g/mol. The summed E-state index contributed by atoms with van der Waals surface area (Å²) >= 11 is 2.74. The lowest BCUT2D eigenvalue weighted by atomic mass is 10.8. The third-order valence-corrected chi connectivity index (χ3v) is 0.625. The van der Waals surface area contributed by atoms with Crippen molar-refractivity contribution < 1.29 is 4.92 Å². The van der Waals surface area contributed by atoms with Gasteiger partial charge in [0.15, 0.2) is 0 Å². The SMILES string of the molecule is C[C@@H](Br)[N+](=O)[O-]. The first kappa shape index (κ1) is 5.88. The van der Waals surface area contributed by atoms with Crippen LogP contribution in [0.25, 0.3) is 0 Å². The molecule has 0 amide bonds. The first-order chi connectivity index (χ1) is 2.64. The minimum absolute atomic E-state index is 0.417. The van der Waals surface area contributed by atoms with Crippen LogP contribution in [-0.4, -0.2) is 9.87 Å². The summed E-state index contributed by atoms with van der Waals surface area (Å²) in [6.45, 7) is 1.46. The molecule has 0 saturated heterocycles. The summed E-state index contributed by atoms with van der Waals surface area (Å²) in [5.41, 5.74) is 0. The largest absolute Gasteiger partial charge is 0.263 e. The average molecular weight is 154 g/mol. The molecule has 0 fully saturated rings. The molecule has 0 unspecified atom stereocenters. The Balaban J connectivity index is 3.26. The van der Waals surface area contributed by atoms with Gasteiger partial charge < -0.3 is 0 Å². The molecule has 6 heavy (non-hydrogen) atoms. The van der Waals surface area contributed by atoms with Crippen molar-refractivity contribution in [2.24, 2.45) is 0 Å². The topological polar surface area (TPSA) is 43.1 Å². The van der Waals surface area contributed by atoms with Crippen LogP contribution in [0.2, 0.25) is 0 Å². The molecule has 0 aromatic heterocycles. The zero-order valence-electron chi connectivity index (χ0n) is 3.22. The van der Waals surface area contributed by atoms with Crippen LogP contribution in [0.3, 0.4) is 0 Å². The van der Waals surface area contributed by atoms with Gasteiger partial charge in [-0.05, 0) is 15.9 Å². The van der Waals surface area contributed by atoms with Gasteiger partial charge in [0.05, 0.1) is 0 Å². The molecule has 3 nitrogen and oxygen atoms in total. The van der Waals surface area contributed by atoms with E-state index >= 15 is 0 Å². The highest BCUT2D eigenvalue weighted by Gasteiger charge is 2.02. The third kappa shape index (κ3) is 2.14. The van der Waals surface area contributed by atoms with E-state index in [9.17, 15) is 10.1 Å². The number of nitro groups is 1. The predicted molar refractivity (Wildman–Crippen MR) is 25.4 cm³/mol. The maximum Gasteiger partial charge on any atom is 0.263 e. The molecule has 0 aliphatic carbocycles. The maximum atomic E-state index is 9.46. The molecule has 0 aromatic carbocycles. The highest BCUT2D eigenvalue weighted by Crippen LogP contribution is 1.94. The van der Waals surface area contributed by atoms with Crippen molar-refractivity contribution in [3.63, 3.8) is 0 Å². The average Bonchev–Trinajstić information content (AvgIpc) is 1.36. The van der Waals surface area contributed by atoms with Gasteiger partial charge in [0.2, 0.25) is 0 Å². The van der Waals surface area contributed by atoms with Crippen LogP contribution in [-0.2, 0) is 0 Å². The lowest BCUT2D eigenvalue weighted by molar-refractivity contribution is -0.488. The molecule has 36 valence electrons. The zero-order chi connectivity index (χ0) is 5.15. The Morgan fingerprint density at radius 3 is 2.17 bits per heavy atom. The number of halogens is 1. The summed E-state index contributed by atoms with van der Waals surface area (Å²) in [6.07, 6.45) is 0. The minimum Gasteiger partial charge on any atom is -0.263 e. The van der Waals surface area contributed by atoms with Crippen LogP contribution in [0.15, 0.2) is 0 Å². The molecule has 0 spiro atoms. The number of alkyl halides is 1. The first-order valence-corrected chi connectivity index (χ1v) is 2.33. The fourth-order valence-electron chi connectivity index (χ4n) is 0. The third-order valence-electron chi connectivity index (χ3n) is 0.291. The van der Waals surface area contributed by atoms with E-state index in [1.54, 1.807) is 0 Å². The van der Waals surface area contributed by atoms with Crippen molar-refractivity contribution >= 4 is 15.9 Å². The second kappa shape index (κ2) is 2.12. The normalized spacial score (nSPS) is 13.7. The fourth-order valence-corrected chi connectivity index (χ4v) is 0. The van der Waals surface area contributed by atoms with Gasteiger partial charge in [0, 0.05) is 11.8 Å². The van der Waals surface area contributed by atoms with E-state index in [1.807, 2.05) is 0 Å².